The molecule has 0 fully saturated rings. The Morgan fingerprint density at radius 2 is 2.00 bits per heavy atom. The Morgan fingerprint density at radius 3 is 2.71 bits per heavy atom. The highest BCUT2D eigenvalue weighted by Crippen LogP contribution is 2.34. The minimum absolute atomic E-state index is 0.00777. The lowest BCUT2D eigenvalue weighted by Crippen LogP contribution is -2.03. The Balaban J connectivity index is 2.34. The van der Waals surface area contributed by atoms with Crippen LogP contribution >= 0.6 is 0 Å². The van der Waals surface area contributed by atoms with E-state index in [9.17, 15) is 15.0 Å². The highest BCUT2D eigenvalue weighted by molar-refractivity contribution is 5.86. The molecule has 3 rings (SSSR count). The Hall–Kier alpha value is -2.95. The Labute approximate surface area is 119 Å². The van der Waals surface area contributed by atoms with Gasteiger partial charge in [-0.15, -0.1) is 0 Å². The SMILES string of the molecule is COc1c([O-])ccc2c(=O)cc(-c3cccc(O)c3)oc12. The van der Waals surface area contributed by atoms with Gasteiger partial charge in [0.05, 0.1) is 12.5 Å². The van der Waals surface area contributed by atoms with Crippen LogP contribution in [0.25, 0.3) is 22.3 Å². The van der Waals surface area contributed by atoms with E-state index >= 15 is 0 Å². The summed E-state index contributed by atoms with van der Waals surface area (Å²) in [5.41, 5.74) is 0.357. The zero-order valence-electron chi connectivity index (χ0n) is 11.1. The van der Waals surface area contributed by atoms with Gasteiger partial charge in [-0.2, -0.15) is 0 Å². The first-order valence-corrected chi connectivity index (χ1v) is 6.21. The highest BCUT2D eigenvalue weighted by Gasteiger charge is 2.12. The summed E-state index contributed by atoms with van der Waals surface area (Å²) in [6, 6.07) is 10.3. The molecule has 1 aromatic heterocycles. The number of benzene rings is 2. The molecule has 3 aromatic rings. The third-order valence-electron chi connectivity index (χ3n) is 3.15. The van der Waals surface area contributed by atoms with Crippen molar-refractivity contribution in [2.24, 2.45) is 0 Å². The van der Waals surface area contributed by atoms with Crippen LogP contribution in [0, 0.1) is 0 Å². The molecule has 0 aliphatic carbocycles. The summed E-state index contributed by atoms with van der Waals surface area (Å²) in [7, 11) is 1.34. The molecule has 0 aliphatic heterocycles. The second-order valence-electron chi connectivity index (χ2n) is 4.50. The van der Waals surface area contributed by atoms with E-state index in [1.54, 1.807) is 12.1 Å². The van der Waals surface area contributed by atoms with E-state index in [0.717, 1.165) is 0 Å². The van der Waals surface area contributed by atoms with E-state index < -0.39 is 0 Å². The Kier molecular flexibility index (Phi) is 3.02. The van der Waals surface area contributed by atoms with Gasteiger partial charge in [-0.1, -0.05) is 23.9 Å². The van der Waals surface area contributed by atoms with Crippen LogP contribution in [0.5, 0.6) is 17.2 Å². The van der Waals surface area contributed by atoms with Gasteiger partial charge >= 0.3 is 0 Å². The van der Waals surface area contributed by atoms with Crippen molar-refractivity contribution >= 4 is 11.0 Å². The second-order valence-corrected chi connectivity index (χ2v) is 4.50. The molecule has 0 saturated heterocycles. The second kappa shape index (κ2) is 4.86. The maximum absolute atomic E-state index is 12.2. The van der Waals surface area contributed by atoms with Gasteiger partial charge in [0, 0.05) is 11.6 Å². The summed E-state index contributed by atoms with van der Waals surface area (Å²) >= 11 is 0. The van der Waals surface area contributed by atoms with Crippen molar-refractivity contribution in [3.05, 3.63) is 52.7 Å². The summed E-state index contributed by atoms with van der Waals surface area (Å²) in [5, 5.41) is 21.5. The predicted octanol–water partition coefficient (Wildman–Crippen LogP) is 2.25. The fraction of sp³-hybridized carbons (Fsp3) is 0.0625. The van der Waals surface area contributed by atoms with Gasteiger partial charge in [0.25, 0.3) is 0 Å². The van der Waals surface area contributed by atoms with E-state index in [4.69, 9.17) is 9.15 Å². The fourth-order valence-electron chi connectivity index (χ4n) is 2.17. The van der Waals surface area contributed by atoms with Crippen molar-refractivity contribution in [3.63, 3.8) is 0 Å². The molecular formula is C16H11O5-. The molecule has 5 nitrogen and oxygen atoms in total. The minimum atomic E-state index is -0.360. The number of fused-ring (bicyclic) bond motifs is 1. The van der Waals surface area contributed by atoms with Crippen LogP contribution in [0.3, 0.4) is 0 Å². The number of ether oxygens (including phenoxy) is 1. The van der Waals surface area contributed by atoms with Gasteiger partial charge in [0.15, 0.2) is 16.8 Å². The van der Waals surface area contributed by atoms with Gasteiger partial charge in [-0.3, -0.25) is 4.79 Å². The topological polar surface area (TPSA) is 82.7 Å². The largest absolute Gasteiger partial charge is 0.870 e. The van der Waals surface area contributed by atoms with Gasteiger partial charge < -0.3 is 19.4 Å². The molecule has 1 heterocycles. The van der Waals surface area contributed by atoms with Crippen molar-refractivity contribution in [3.8, 4) is 28.6 Å². The maximum Gasteiger partial charge on any atom is 0.193 e. The van der Waals surface area contributed by atoms with E-state index in [1.165, 1.54) is 37.4 Å². The summed E-state index contributed by atoms with van der Waals surface area (Å²) < 4.78 is 10.7. The summed E-state index contributed by atoms with van der Waals surface area (Å²) in [5.74, 6) is -0.0556. The van der Waals surface area contributed by atoms with Crippen LogP contribution in [0.1, 0.15) is 0 Å². The smallest absolute Gasteiger partial charge is 0.193 e. The first kappa shape index (κ1) is 13.1. The lowest BCUT2D eigenvalue weighted by Gasteiger charge is -2.14. The normalized spacial score (nSPS) is 10.7. The van der Waals surface area contributed by atoms with Crippen molar-refractivity contribution in [2.75, 3.05) is 7.11 Å². The van der Waals surface area contributed by atoms with Gasteiger partial charge in [0.2, 0.25) is 0 Å². The first-order chi connectivity index (χ1) is 10.1. The molecule has 0 radical (unpaired) electrons. The van der Waals surface area contributed by atoms with Crippen LogP contribution in [-0.4, -0.2) is 12.2 Å². The maximum atomic E-state index is 12.2. The predicted molar refractivity (Wildman–Crippen MR) is 75.6 cm³/mol. The number of hydrogen-bond donors (Lipinski definition) is 1. The van der Waals surface area contributed by atoms with Crippen molar-refractivity contribution in [1.82, 2.24) is 0 Å². The molecule has 1 N–H and O–H groups in total. The molecule has 0 amide bonds. The number of hydrogen-bond acceptors (Lipinski definition) is 5. The van der Waals surface area contributed by atoms with Crippen LogP contribution in [0.15, 0.2) is 51.7 Å². The molecule has 21 heavy (non-hydrogen) atoms. The average molecular weight is 283 g/mol. The summed E-state index contributed by atoms with van der Waals surface area (Å²) in [4.78, 5) is 12.2. The fourth-order valence-corrected chi connectivity index (χ4v) is 2.17. The molecule has 0 spiro atoms. The molecule has 5 heteroatoms. The highest BCUT2D eigenvalue weighted by atomic mass is 16.5. The van der Waals surface area contributed by atoms with Gasteiger partial charge in [-0.05, 0) is 18.2 Å². The molecule has 2 aromatic carbocycles. The van der Waals surface area contributed by atoms with E-state index in [1.807, 2.05) is 0 Å². The first-order valence-electron chi connectivity index (χ1n) is 6.21. The van der Waals surface area contributed by atoms with Crippen LogP contribution in [0.2, 0.25) is 0 Å². The molecule has 106 valence electrons. The quantitative estimate of drug-likeness (QED) is 0.780. The summed E-state index contributed by atoms with van der Waals surface area (Å²) in [6.07, 6.45) is 0. The van der Waals surface area contributed by atoms with Crippen molar-refractivity contribution < 1.29 is 19.4 Å². The zero-order valence-corrected chi connectivity index (χ0v) is 11.1. The molecule has 0 bridgehead atoms. The lowest BCUT2D eigenvalue weighted by atomic mass is 10.1. The molecule has 0 aliphatic rings. The number of aromatic hydroxyl groups is 1. The lowest BCUT2D eigenvalue weighted by molar-refractivity contribution is -0.269. The van der Waals surface area contributed by atoms with Crippen LogP contribution in [-0.2, 0) is 0 Å². The number of methoxy groups -OCH3 is 1. The standard InChI is InChI=1S/C16H12O5/c1-20-16-12(18)6-5-11-13(19)8-14(21-15(11)16)9-3-2-4-10(17)7-9/h2-8,17-18H,1H3/p-1. The van der Waals surface area contributed by atoms with E-state index in [-0.39, 0.29) is 39.4 Å². The molecule has 0 saturated carbocycles. The Bertz CT molecular complexity index is 879. The van der Waals surface area contributed by atoms with E-state index in [0.29, 0.717) is 5.56 Å². The van der Waals surface area contributed by atoms with E-state index in [2.05, 4.69) is 0 Å². The molecular weight excluding hydrogens is 272 g/mol. The average Bonchev–Trinajstić information content (AvgIpc) is 2.47. The van der Waals surface area contributed by atoms with Crippen LogP contribution in [0.4, 0.5) is 0 Å². The Morgan fingerprint density at radius 1 is 1.19 bits per heavy atom. The molecule has 0 unspecified atom stereocenters. The van der Waals surface area contributed by atoms with Gasteiger partial charge in [-0.25, -0.2) is 0 Å². The van der Waals surface area contributed by atoms with Gasteiger partial charge in [0.1, 0.15) is 11.5 Å². The third-order valence-corrected chi connectivity index (χ3v) is 3.15. The minimum Gasteiger partial charge on any atom is -0.870 e. The summed E-state index contributed by atoms with van der Waals surface area (Å²) in [6.45, 7) is 0. The van der Waals surface area contributed by atoms with Crippen molar-refractivity contribution in [2.45, 2.75) is 0 Å². The molecule has 0 atom stereocenters. The number of phenols is 1. The number of phenolic OH excluding ortho intramolecular Hbond substituents is 1. The third kappa shape index (κ3) is 2.18. The monoisotopic (exact) mass is 283 g/mol. The zero-order chi connectivity index (χ0) is 15.0. The van der Waals surface area contributed by atoms with Crippen LogP contribution < -0.4 is 15.3 Å². The van der Waals surface area contributed by atoms with Crippen molar-refractivity contribution in [1.29, 1.82) is 0 Å². The number of rotatable bonds is 2.